The molecule has 0 saturated heterocycles. The Morgan fingerprint density at radius 2 is 0.500 bits per heavy atom. The number of rotatable bonds is 12. The molecule has 1 saturated carbocycles. The van der Waals surface area contributed by atoms with E-state index in [0.29, 0.717) is 0 Å². The number of hydrogen-bond donors (Lipinski definition) is 10. The molecule has 0 aromatic carbocycles. The molecule has 0 radical (unpaired) electrons. The van der Waals surface area contributed by atoms with Crippen LogP contribution in [0.5, 0.6) is 0 Å². The van der Waals surface area contributed by atoms with Gasteiger partial charge in [0.25, 0.3) is 0 Å². The number of phosphoric ester groups is 6. The maximum Gasteiger partial charge on any atom is 1.00 e. The zero-order valence-electron chi connectivity index (χ0n) is 18.3. The predicted molar refractivity (Wildman–Crippen MR) is 97.1 cm³/mol. The van der Waals surface area contributed by atoms with E-state index in [2.05, 4.69) is 27.1 Å². The van der Waals surface area contributed by atoms with Crippen LogP contribution in [0.4, 0.5) is 0 Å². The van der Waals surface area contributed by atoms with Crippen molar-refractivity contribution in [3.05, 3.63) is 0 Å². The summed E-state index contributed by atoms with van der Waals surface area (Å²) >= 11 is 0. The van der Waals surface area contributed by atoms with Gasteiger partial charge in [0.2, 0.25) is 0 Å². The predicted octanol–water partition coefficient (Wildman–Crippen LogP) is -10.4. The summed E-state index contributed by atoms with van der Waals surface area (Å²) in [5.41, 5.74) is 0. The van der Waals surface area contributed by atoms with Gasteiger partial charge in [-0.05, 0) is 0 Å². The molecule has 32 heteroatoms. The van der Waals surface area contributed by atoms with Gasteiger partial charge in [0, 0.05) is 0 Å². The number of hydrogen-bond acceptors (Lipinski definition) is 14. The van der Waals surface area contributed by atoms with E-state index in [1.54, 1.807) is 0 Å². The Kier molecular flexibility index (Phi) is 18.5. The van der Waals surface area contributed by atoms with Gasteiger partial charge in [-0.3, -0.25) is 22.6 Å². The first kappa shape index (κ1) is 44.1. The molecule has 0 amide bonds. The summed E-state index contributed by atoms with van der Waals surface area (Å²) in [7, 11) is -36.8. The summed E-state index contributed by atoms with van der Waals surface area (Å²) in [6.45, 7) is 0. The van der Waals surface area contributed by atoms with Crippen molar-refractivity contribution in [3.8, 4) is 0 Å². The smallest absolute Gasteiger partial charge is 0.790 e. The molecule has 4 unspecified atom stereocenters. The van der Waals surface area contributed by atoms with Gasteiger partial charge in [0.15, 0.2) is 0 Å². The van der Waals surface area contributed by atoms with Crippen LogP contribution in [0.1, 0.15) is 0 Å². The monoisotopic (exact) mass is 736 g/mol. The summed E-state index contributed by atoms with van der Waals surface area (Å²) in [4.78, 5) is 114. The Labute approximate surface area is 295 Å². The van der Waals surface area contributed by atoms with Crippen LogP contribution < -0.4 is 113 Å². The molecule has 0 aromatic rings. The van der Waals surface area contributed by atoms with Crippen molar-refractivity contribution in [2.75, 3.05) is 0 Å². The minimum Gasteiger partial charge on any atom is -0.790 e. The molecule has 6 atom stereocenters. The van der Waals surface area contributed by atoms with Crippen LogP contribution in [0.15, 0.2) is 0 Å². The summed E-state index contributed by atoms with van der Waals surface area (Å²) in [5.74, 6) is 0. The average Bonchev–Trinajstić information content (AvgIpc) is 2.51. The van der Waals surface area contributed by atoms with Gasteiger partial charge in [-0.2, -0.15) is 0 Å². The van der Waals surface area contributed by atoms with Gasteiger partial charge in [-0.1, -0.05) is 0 Å². The molecule has 0 spiro atoms. The minimum atomic E-state index is -6.52. The molecule has 0 aromatic heterocycles. The van der Waals surface area contributed by atoms with Crippen LogP contribution in [0, 0.1) is 0 Å². The molecule has 0 aliphatic heterocycles. The Balaban J connectivity index is 0. The van der Waals surface area contributed by atoms with Crippen LogP contribution in [0.3, 0.4) is 0 Å². The third kappa shape index (κ3) is 18.0. The van der Waals surface area contributed by atoms with Gasteiger partial charge >= 0.3 is 142 Å². The van der Waals surface area contributed by atoms with Gasteiger partial charge < -0.3 is 67.8 Å². The van der Waals surface area contributed by atoms with Crippen molar-refractivity contribution in [3.63, 3.8) is 0 Å². The van der Waals surface area contributed by atoms with Gasteiger partial charge in [-0.25, -0.2) is 22.8 Å². The molecule has 24 nitrogen and oxygen atoms in total. The van der Waals surface area contributed by atoms with Crippen molar-refractivity contribution in [1.29, 1.82) is 0 Å². The summed E-state index contributed by atoms with van der Waals surface area (Å²) in [6, 6.07) is 0. The first-order chi connectivity index (χ1) is 15.6. The molecule has 0 heterocycles. The van der Waals surface area contributed by atoms with Gasteiger partial charge in [-0.15, -0.1) is 0 Å². The number of phosphoric acid groups is 6. The third-order valence-electron chi connectivity index (χ3n) is 3.49. The van der Waals surface area contributed by atoms with Crippen LogP contribution in [0.25, 0.3) is 0 Å². The Bertz CT molecular complexity index is 829. The maximum absolute atomic E-state index is 11.4. The second-order valence-electron chi connectivity index (χ2n) is 6.32. The normalized spacial score (nSPS) is 27.8. The SMILES string of the molecule is O=P([O-])([O-])OC1C(OP(=O)(O)O)[C@H](OP(=O)(O)O)C(OP(=O)(O)O)C(OP(=O)(O)O)[C@H]1OP(=O)(O)O.[K+].[K+]. The standard InChI is InChI=1S/C6H18O24P6.2K/c7-31(8,9)25-1-2(26-32(10,11)12)4(28-34(16,17)18)6(30-36(22,23)24)5(29-35(19,20)21)3(1)27-33(13,14)15;;/h1-6H,(H2,7,8,9)(H2,10,11,12)(H2,13,14,15)(H2,16,17,18)(H2,19,20,21)(H2,22,23,24);;/q;2*+1/p-2/t1-,2?,3?,4?,5?,6-;;. The van der Waals surface area contributed by atoms with Gasteiger partial charge in [0.05, 0.1) is 7.82 Å². The van der Waals surface area contributed by atoms with Crippen LogP contribution in [-0.4, -0.2) is 85.6 Å². The third-order valence-corrected chi connectivity index (χ3v) is 6.58. The molecule has 0 bridgehead atoms. The van der Waals surface area contributed by atoms with E-state index >= 15 is 0 Å². The molecule has 1 aliphatic carbocycles. The second kappa shape index (κ2) is 16.0. The van der Waals surface area contributed by atoms with E-state index in [1.165, 1.54) is 0 Å². The average molecular weight is 736 g/mol. The second-order valence-corrected chi connectivity index (χ2v) is 13.4. The van der Waals surface area contributed by atoms with Crippen molar-refractivity contribution >= 4 is 46.9 Å². The van der Waals surface area contributed by atoms with Crippen molar-refractivity contribution < 1.29 is 216 Å². The van der Waals surface area contributed by atoms with Gasteiger partial charge in [0.1, 0.15) is 36.6 Å². The molecule has 1 aliphatic rings. The van der Waals surface area contributed by atoms with Crippen molar-refractivity contribution in [1.82, 2.24) is 0 Å². The fraction of sp³-hybridized carbons (Fsp3) is 1.00. The molecule has 216 valence electrons. The maximum atomic E-state index is 11.4. The van der Waals surface area contributed by atoms with Crippen LogP contribution >= 0.6 is 46.9 Å². The summed E-state index contributed by atoms with van der Waals surface area (Å²) < 4.78 is 92.3. The van der Waals surface area contributed by atoms with E-state index in [0.717, 1.165) is 0 Å². The Morgan fingerprint density at radius 1 is 0.368 bits per heavy atom. The zero-order valence-corrected chi connectivity index (χ0v) is 29.9. The Hall–Kier alpha value is 3.93. The molecule has 1 rings (SSSR count). The Morgan fingerprint density at radius 3 is 0.605 bits per heavy atom. The minimum absolute atomic E-state index is 0. The van der Waals surface area contributed by atoms with Crippen molar-refractivity contribution in [2.45, 2.75) is 36.6 Å². The quantitative estimate of drug-likeness (QED) is 0.0656. The fourth-order valence-electron chi connectivity index (χ4n) is 2.78. The topological polar surface area (TPSA) is 406 Å². The van der Waals surface area contributed by atoms with Crippen molar-refractivity contribution in [2.24, 2.45) is 0 Å². The first-order valence-corrected chi connectivity index (χ1v) is 17.1. The molecular weight excluding hydrogens is 720 g/mol. The fourth-order valence-corrected chi connectivity index (χ4v) is 6.11. The summed E-state index contributed by atoms with van der Waals surface area (Å²) in [6.07, 6.45) is -19.3. The van der Waals surface area contributed by atoms with Crippen LogP contribution in [0.2, 0.25) is 0 Å². The van der Waals surface area contributed by atoms with E-state index in [9.17, 15) is 37.2 Å². The van der Waals surface area contributed by atoms with E-state index in [-0.39, 0.29) is 103 Å². The first-order valence-electron chi connectivity index (χ1n) is 7.97. The summed E-state index contributed by atoms with van der Waals surface area (Å²) in [5, 5.41) is 0. The van der Waals surface area contributed by atoms with E-state index in [4.69, 9.17) is 48.9 Å². The largest absolute Gasteiger partial charge is 1.00 e. The molecule has 1 fully saturated rings. The van der Waals surface area contributed by atoms with E-state index < -0.39 is 83.6 Å². The molecule has 38 heavy (non-hydrogen) atoms. The van der Waals surface area contributed by atoms with Crippen LogP contribution in [-0.2, 0) is 54.5 Å². The zero-order chi connectivity index (χ0) is 28.7. The van der Waals surface area contributed by atoms with E-state index in [1.807, 2.05) is 0 Å². The molecule has 10 N–H and O–H groups in total. The molecular formula is C6H16K2O24P6.